The molecule has 100 valence electrons. The van der Waals surface area contributed by atoms with Crippen LogP contribution in [0, 0.1) is 5.92 Å². The van der Waals surface area contributed by atoms with E-state index >= 15 is 0 Å². The van der Waals surface area contributed by atoms with Gasteiger partial charge < -0.3 is 16.0 Å². The summed E-state index contributed by atoms with van der Waals surface area (Å²) in [5.74, 6) is -0.569. The fourth-order valence-corrected chi connectivity index (χ4v) is 2.30. The van der Waals surface area contributed by atoms with Gasteiger partial charge in [0.15, 0.2) is 0 Å². The van der Waals surface area contributed by atoms with Crippen molar-refractivity contribution in [2.24, 2.45) is 11.7 Å². The number of hydrogen-bond donors (Lipinski definition) is 2. The number of amides is 2. The third kappa shape index (κ3) is 4.80. The highest BCUT2D eigenvalue weighted by Crippen LogP contribution is 2.30. The minimum atomic E-state index is -4.19. The van der Waals surface area contributed by atoms with Crippen molar-refractivity contribution in [2.75, 3.05) is 19.6 Å². The Labute approximate surface area is 98.3 Å². The van der Waals surface area contributed by atoms with E-state index in [2.05, 4.69) is 5.32 Å². The van der Waals surface area contributed by atoms with Crippen molar-refractivity contribution in [2.45, 2.75) is 32.0 Å². The van der Waals surface area contributed by atoms with Gasteiger partial charge in [0, 0.05) is 25.6 Å². The van der Waals surface area contributed by atoms with Crippen LogP contribution in [0.3, 0.4) is 0 Å². The van der Waals surface area contributed by atoms with Gasteiger partial charge in [0.2, 0.25) is 0 Å². The first kappa shape index (κ1) is 14.1. The summed E-state index contributed by atoms with van der Waals surface area (Å²) in [7, 11) is 0. The Morgan fingerprint density at radius 1 is 1.47 bits per heavy atom. The number of likely N-dealkylation sites (tertiary alicyclic amines) is 1. The minimum Gasteiger partial charge on any atom is -0.351 e. The number of nitrogens with zero attached hydrogens (tertiary/aromatic N) is 1. The summed E-state index contributed by atoms with van der Waals surface area (Å²) in [6.45, 7) is 3.02. The normalized spacial score (nSPS) is 26.0. The summed E-state index contributed by atoms with van der Waals surface area (Å²) in [5.41, 5.74) is 5.13. The zero-order valence-electron chi connectivity index (χ0n) is 9.76. The number of nitrogens with one attached hydrogen (secondary N) is 1. The van der Waals surface area contributed by atoms with Crippen LogP contribution in [0.1, 0.15) is 19.8 Å². The summed E-state index contributed by atoms with van der Waals surface area (Å²) in [5, 5.41) is 3.07. The predicted octanol–water partition coefficient (Wildman–Crippen LogP) is 1.32. The van der Waals surface area contributed by atoms with Crippen LogP contribution >= 0.6 is 0 Å². The third-order valence-electron chi connectivity index (χ3n) is 2.86. The lowest BCUT2D eigenvalue weighted by molar-refractivity contribution is -0.148. The molecule has 1 heterocycles. The molecule has 1 saturated heterocycles. The van der Waals surface area contributed by atoms with Crippen LogP contribution in [-0.2, 0) is 0 Å². The average Bonchev–Trinajstić information content (AvgIpc) is 2.14. The van der Waals surface area contributed by atoms with Gasteiger partial charge in [0.25, 0.3) is 0 Å². The van der Waals surface area contributed by atoms with Crippen LogP contribution in [0.15, 0.2) is 0 Å². The summed E-state index contributed by atoms with van der Waals surface area (Å²) in [4.78, 5) is 12.3. The Morgan fingerprint density at radius 3 is 2.59 bits per heavy atom. The number of carbonyl (C=O) groups is 1. The molecule has 0 aliphatic carbocycles. The van der Waals surface area contributed by atoms with Crippen LogP contribution in [0.4, 0.5) is 18.0 Å². The first-order valence-corrected chi connectivity index (χ1v) is 5.66. The molecule has 17 heavy (non-hydrogen) atoms. The fourth-order valence-electron chi connectivity index (χ4n) is 2.30. The van der Waals surface area contributed by atoms with E-state index in [1.807, 2.05) is 6.92 Å². The van der Waals surface area contributed by atoms with Crippen molar-refractivity contribution in [1.29, 1.82) is 0 Å². The first-order chi connectivity index (χ1) is 7.81. The Kier molecular flexibility index (Phi) is 4.62. The van der Waals surface area contributed by atoms with Gasteiger partial charge in [-0.2, -0.15) is 13.2 Å². The Morgan fingerprint density at radius 2 is 2.12 bits per heavy atom. The van der Waals surface area contributed by atoms with E-state index in [4.69, 9.17) is 5.73 Å². The van der Waals surface area contributed by atoms with Crippen LogP contribution in [0.5, 0.6) is 0 Å². The molecule has 0 bridgehead atoms. The summed E-state index contributed by atoms with van der Waals surface area (Å²) in [6, 6.07) is -0.756. The lowest BCUT2D eigenvalue weighted by Gasteiger charge is -2.37. The van der Waals surface area contributed by atoms with Gasteiger partial charge >= 0.3 is 12.2 Å². The summed E-state index contributed by atoms with van der Waals surface area (Å²) >= 11 is 0. The van der Waals surface area contributed by atoms with Crippen molar-refractivity contribution in [3.8, 4) is 0 Å². The molecule has 1 rings (SSSR count). The van der Waals surface area contributed by atoms with E-state index < -0.39 is 24.5 Å². The average molecular weight is 253 g/mol. The van der Waals surface area contributed by atoms with Crippen molar-refractivity contribution < 1.29 is 18.0 Å². The van der Waals surface area contributed by atoms with Crippen LogP contribution in [0.2, 0.25) is 0 Å². The summed E-state index contributed by atoms with van der Waals surface area (Å²) in [6.07, 6.45) is -4.63. The van der Waals surface area contributed by atoms with Gasteiger partial charge in [-0.15, -0.1) is 0 Å². The molecule has 1 aliphatic heterocycles. The number of nitrogens with two attached hydrogens (primary N) is 1. The topological polar surface area (TPSA) is 58.4 Å². The standard InChI is InChI=1S/C10H18F3N3O/c1-2-15-8-3-7(4-10(11,12)13)5-16(6-8)9(14)17/h7-8,15H,2-6H2,1H3,(H2,14,17). The highest BCUT2D eigenvalue weighted by atomic mass is 19.4. The van der Waals surface area contributed by atoms with E-state index in [0.717, 1.165) is 0 Å². The zero-order chi connectivity index (χ0) is 13.1. The van der Waals surface area contributed by atoms with Crippen LogP contribution < -0.4 is 11.1 Å². The van der Waals surface area contributed by atoms with Gasteiger partial charge in [-0.05, 0) is 18.9 Å². The molecule has 2 atom stereocenters. The number of likely N-dealkylation sites (N-methyl/N-ethyl adjacent to an activating group) is 1. The van der Waals surface area contributed by atoms with E-state index in [-0.39, 0.29) is 12.6 Å². The maximum Gasteiger partial charge on any atom is 0.389 e. The van der Waals surface area contributed by atoms with Crippen molar-refractivity contribution >= 4 is 6.03 Å². The molecule has 4 nitrogen and oxygen atoms in total. The maximum atomic E-state index is 12.3. The molecule has 0 radical (unpaired) electrons. The molecule has 0 aromatic carbocycles. The molecular formula is C10H18F3N3O. The van der Waals surface area contributed by atoms with Gasteiger partial charge in [0.1, 0.15) is 0 Å². The minimum absolute atomic E-state index is 0.0940. The number of halogens is 3. The number of hydrogen-bond acceptors (Lipinski definition) is 2. The SMILES string of the molecule is CCNC1CC(CC(F)(F)F)CN(C(N)=O)C1. The van der Waals surface area contributed by atoms with E-state index in [1.165, 1.54) is 4.90 Å². The molecule has 0 saturated carbocycles. The first-order valence-electron chi connectivity index (χ1n) is 5.66. The van der Waals surface area contributed by atoms with Crippen molar-refractivity contribution in [3.05, 3.63) is 0 Å². The molecule has 0 spiro atoms. The van der Waals surface area contributed by atoms with Gasteiger partial charge in [-0.1, -0.05) is 6.92 Å². The quantitative estimate of drug-likeness (QED) is 0.797. The number of rotatable bonds is 3. The van der Waals surface area contributed by atoms with Crippen LogP contribution in [0.25, 0.3) is 0 Å². The molecule has 2 unspecified atom stereocenters. The highest BCUT2D eigenvalue weighted by molar-refractivity contribution is 5.72. The predicted molar refractivity (Wildman–Crippen MR) is 57.4 cm³/mol. The third-order valence-corrected chi connectivity index (χ3v) is 2.86. The zero-order valence-corrected chi connectivity index (χ0v) is 9.76. The fraction of sp³-hybridized carbons (Fsp3) is 0.900. The second kappa shape index (κ2) is 5.57. The lowest BCUT2D eigenvalue weighted by atomic mass is 9.91. The monoisotopic (exact) mass is 253 g/mol. The lowest BCUT2D eigenvalue weighted by Crippen LogP contribution is -2.53. The second-order valence-electron chi connectivity index (χ2n) is 4.42. The Bertz CT molecular complexity index is 270. The molecular weight excluding hydrogens is 235 g/mol. The molecule has 1 aliphatic rings. The van der Waals surface area contributed by atoms with E-state index in [1.54, 1.807) is 0 Å². The molecule has 0 aromatic heterocycles. The van der Waals surface area contributed by atoms with Crippen molar-refractivity contribution in [1.82, 2.24) is 10.2 Å². The number of urea groups is 1. The molecule has 0 aromatic rings. The smallest absolute Gasteiger partial charge is 0.351 e. The number of carbonyl (C=O) groups excluding carboxylic acids is 1. The van der Waals surface area contributed by atoms with E-state index in [9.17, 15) is 18.0 Å². The van der Waals surface area contributed by atoms with Gasteiger partial charge in [-0.3, -0.25) is 0 Å². The van der Waals surface area contributed by atoms with Gasteiger partial charge in [0.05, 0.1) is 0 Å². The second-order valence-corrected chi connectivity index (χ2v) is 4.42. The largest absolute Gasteiger partial charge is 0.389 e. The van der Waals surface area contributed by atoms with Crippen LogP contribution in [-0.4, -0.2) is 42.8 Å². The van der Waals surface area contributed by atoms with Crippen molar-refractivity contribution in [3.63, 3.8) is 0 Å². The maximum absolute atomic E-state index is 12.3. The van der Waals surface area contributed by atoms with E-state index in [0.29, 0.717) is 19.5 Å². The molecule has 3 N–H and O–H groups in total. The van der Waals surface area contributed by atoms with Gasteiger partial charge in [-0.25, -0.2) is 4.79 Å². The number of alkyl halides is 3. The molecule has 7 heteroatoms. The Balaban J connectivity index is 2.61. The molecule has 2 amide bonds. The summed E-state index contributed by atoms with van der Waals surface area (Å²) < 4.78 is 37.0. The highest BCUT2D eigenvalue weighted by Gasteiger charge is 2.37. The number of primary amides is 1. The molecule has 1 fully saturated rings. The Hall–Kier alpha value is -0.980. The number of piperidine rings is 1.